The summed E-state index contributed by atoms with van der Waals surface area (Å²) in [6.45, 7) is 1.72. The van der Waals surface area contributed by atoms with Crippen LogP contribution in [0.4, 0.5) is 0 Å². The lowest BCUT2D eigenvalue weighted by Crippen LogP contribution is -2.29. The fraction of sp³-hybridized carbons (Fsp3) is 0.385. The molecule has 0 saturated carbocycles. The molecule has 102 valence electrons. The summed E-state index contributed by atoms with van der Waals surface area (Å²) in [7, 11) is 1.26. The van der Waals surface area contributed by atoms with Crippen LogP contribution in [-0.2, 0) is 9.53 Å². The number of ether oxygens (including phenoxy) is 1. The molecule has 1 rings (SSSR count). The van der Waals surface area contributed by atoms with Crippen LogP contribution in [0.5, 0.6) is 0 Å². The first-order valence-electron chi connectivity index (χ1n) is 5.63. The van der Waals surface area contributed by atoms with Crippen molar-refractivity contribution in [1.82, 2.24) is 5.32 Å². The van der Waals surface area contributed by atoms with Gasteiger partial charge in [-0.3, -0.25) is 9.59 Å². The maximum atomic E-state index is 11.8. The van der Waals surface area contributed by atoms with Gasteiger partial charge in [-0.25, -0.2) is 0 Å². The van der Waals surface area contributed by atoms with Crippen LogP contribution < -0.4 is 5.32 Å². The molecular weight excluding hydrogens is 266 g/mol. The smallest absolute Gasteiger partial charge is 0.325 e. The molecule has 6 heteroatoms. The number of hydrogen-bond donors (Lipinski definition) is 2. The molecule has 0 unspecified atom stereocenters. The van der Waals surface area contributed by atoms with Gasteiger partial charge in [-0.2, -0.15) is 0 Å². The number of nitrogens with one attached hydrogen (secondary N) is 1. The normalized spacial score (nSPS) is 9.42. The van der Waals surface area contributed by atoms with Crippen molar-refractivity contribution in [3.63, 3.8) is 0 Å². The van der Waals surface area contributed by atoms with Gasteiger partial charge in [0.15, 0.2) is 0 Å². The number of aliphatic hydroxyl groups excluding tert-OH is 1. The molecule has 19 heavy (non-hydrogen) atoms. The van der Waals surface area contributed by atoms with Crippen LogP contribution in [0.3, 0.4) is 0 Å². The highest BCUT2D eigenvalue weighted by Gasteiger charge is 2.12. The van der Waals surface area contributed by atoms with Crippen LogP contribution in [0.1, 0.15) is 26.5 Å². The lowest BCUT2D eigenvalue weighted by molar-refractivity contribution is -0.139. The number of carbonyl (C=O) groups excluding carboxylic acids is 2. The van der Waals surface area contributed by atoms with Crippen LogP contribution in [0.15, 0.2) is 6.07 Å². The first-order valence-corrected chi connectivity index (χ1v) is 6.45. The largest absolute Gasteiger partial charge is 0.468 e. The fourth-order valence-electron chi connectivity index (χ4n) is 1.23. The maximum absolute atomic E-state index is 11.8. The second-order valence-electron chi connectivity index (χ2n) is 3.66. The van der Waals surface area contributed by atoms with Crippen molar-refractivity contribution in [2.24, 2.45) is 0 Å². The summed E-state index contributed by atoms with van der Waals surface area (Å²) in [6.07, 6.45) is 0.404. The predicted octanol–water partition coefficient (Wildman–Crippen LogP) is 0.693. The zero-order chi connectivity index (χ0) is 14.3. The third-order valence-electron chi connectivity index (χ3n) is 2.20. The average Bonchev–Trinajstić information content (AvgIpc) is 2.77. The van der Waals surface area contributed by atoms with Crippen LogP contribution in [0, 0.1) is 18.8 Å². The van der Waals surface area contributed by atoms with Gasteiger partial charge >= 0.3 is 5.97 Å². The van der Waals surface area contributed by atoms with E-state index < -0.39 is 5.97 Å². The van der Waals surface area contributed by atoms with Crippen molar-refractivity contribution < 1.29 is 19.4 Å². The molecule has 0 aliphatic carbocycles. The molecule has 0 atom stereocenters. The Morgan fingerprint density at radius 3 is 2.89 bits per heavy atom. The second kappa shape index (κ2) is 7.56. The molecule has 0 bridgehead atoms. The van der Waals surface area contributed by atoms with Gasteiger partial charge in [0.1, 0.15) is 6.54 Å². The van der Waals surface area contributed by atoms with Gasteiger partial charge in [0.2, 0.25) is 0 Å². The molecule has 0 saturated heterocycles. The molecule has 1 aromatic heterocycles. The third kappa shape index (κ3) is 4.73. The summed E-state index contributed by atoms with van der Waals surface area (Å²) < 4.78 is 4.43. The van der Waals surface area contributed by atoms with Crippen molar-refractivity contribution in [2.75, 3.05) is 20.3 Å². The summed E-state index contributed by atoms with van der Waals surface area (Å²) in [6, 6.07) is 1.72. The van der Waals surface area contributed by atoms with Gasteiger partial charge < -0.3 is 15.2 Å². The zero-order valence-corrected chi connectivity index (χ0v) is 11.6. The first-order chi connectivity index (χ1) is 9.08. The molecule has 0 radical (unpaired) electrons. The van der Waals surface area contributed by atoms with Gasteiger partial charge in [-0.1, -0.05) is 11.8 Å². The van der Waals surface area contributed by atoms with E-state index in [2.05, 4.69) is 21.9 Å². The van der Waals surface area contributed by atoms with Crippen LogP contribution in [0.2, 0.25) is 0 Å². The number of rotatable bonds is 4. The molecule has 0 aromatic carbocycles. The number of esters is 1. The number of carbonyl (C=O) groups is 2. The number of aliphatic hydroxyl groups is 1. The Morgan fingerprint density at radius 1 is 1.53 bits per heavy atom. The molecule has 5 nitrogen and oxygen atoms in total. The average molecular weight is 281 g/mol. The molecule has 0 aliphatic rings. The molecule has 0 spiro atoms. The zero-order valence-electron chi connectivity index (χ0n) is 10.8. The molecule has 0 fully saturated rings. The van der Waals surface area contributed by atoms with Gasteiger partial charge in [-0.05, 0) is 18.6 Å². The van der Waals surface area contributed by atoms with E-state index in [0.717, 1.165) is 10.4 Å². The summed E-state index contributed by atoms with van der Waals surface area (Å²) in [5.74, 6) is 4.89. The minimum Gasteiger partial charge on any atom is -0.468 e. The Hall–Kier alpha value is -1.84. The molecular formula is C13H15NO4S. The predicted molar refractivity (Wildman–Crippen MR) is 72.0 cm³/mol. The Kier molecular flexibility index (Phi) is 6.06. The van der Waals surface area contributed by atoms with E-state index in [1.165, 1.54) is 18.4 Å². The summed E-state index contributed by atoms with van der Waals surface area (Å²) in [5.41, 5.74) is 0.902. The number of hydrogen-bond acceptors (Lipinski definition) is 5. The highest BCUT2D eigenvalue weighted by atomic mass is 32.1. The Bertz CT molecular complexity index is 524. The third-order valence-corrected chi connectivity index (χ3v) is 3.35. The number of thiophene rings is 1. The van der Waals surface area contributed by atoms with Crippen LogP contribution in [-0.4, -0.2) is 37.2 Å². The monoisotopic (exact) mass is 281 g/mol. The first kappa shape index (κ1) is 15.2. The summed E-state index contributed by atoms with van der Waals surface area (Å²) in [4.78, 5) is 24.0. The molecule has 1 amide bonds. The highest BCUT2D eigenvalue weighted by Crippen LogP contribution is 2.20. The van der Waals surface area contributed by atoms with Crippen molar-refractivity contribution in [2.45, 2.75) is 13.3 Å². The maximum Gasteiger partial charge on any atom is 0.325 e. The highest BCUT2D eigenvalue weighted by molar-refractivity contribution is 7.14. The Labute approximate surface area is 115 Å². The summed E-state index contributed by atoms with van der Waals surface area (Å²) in [5, 5.41) is 11.1. The van der Waals surface area contributed by atoms with E-state index in [4.69, 9.17) is 5.11 Å². The van der Waals surface area contributed by atoms with E-state index >= 15 is 0 Å². The quantitative estimate of drug-likeness (QED) is 0.629. The SMILES string of the molecule is COC(=O)CNC(=O)c1cc(C)c(C#CCCO)s1. The van der Waals surface area contributed by atoms with Gasteiger partial charge in [0, 0.05) is 6.42 Å². The molecule has 1 aromatic rings. The van der Waals surface area contributed by atoms with E-state index in [9.17, 15) is 9.59 Å². The second-order valence-corrected chi connectivity index (χ2v) is 4.71. The lowest BCUT2D eigenvalue weighted by atomic mass is 10.2. The van der Waals surface area contributed by atoms with Crippen molar-refractivity contribution in [3.05, 3.63) is 21.4 Å². The van der Waals surface area contributed by atoms with Gasteiger partial charge in [0.25, 0.3) is 5.91 Å². The lowest BCUT2D eigenvalue weighted by Gasteiger charge is -2.00. The van der Waals surface area contributed by atoms with Gasteiger partial charge in [-0.15, -0.1) is 11.3 Å². The Morgan fingerprint density at radius 2 is 2.26 bits per heavy atom. The standard InChI is InChI=1S/C13H15NO4S/c1-9-7-11(13(17)14-8-12(16)18-2)19-10(9)5-3-4-6-15/h7,15H,4,6,8H2,1-2H3,(H,14,17). The molecule has 2 N–H and O–H groups in total. The van der Waals surface area contributed by atoms with Crippen LogP contribution in [0.25, 0.3) is 0 Å². The number of amides is 1. The van der Waals surface area contributed by atoms with E-state index in [0.29, 0.717) is 11.3 Å². The summed E-state index contributed by atoms with van der Waals surface area (Å²) >= 11 is 1.26. The Balaban J connectivity index is 2.70. The van der Waals surface area contributed by atoms with Crippen molar-refractivity contribution in [3.8, 4) is 11.8 Å². The van der Waals surface area contributed by atoms with E-state index in [1.54, 1.807) is 6.07 Å². The number of methoxy groups -OCH3 is 1. The van der Waals surface area contributed by atoms with Gasteiger partial charge in [0.05, 0.1) is 23.5 Å². The fourth-order valence-corrected chi connectivity index (χ4v) is 2.19. The number of aryl methyl sites for hydroxylation is 1. The van der Waals surface area contributed by atoms with E-state index in [-0.39, 0.29) is 19.1 Å². The van der Waals surface area contributed by atoms with Crippen molar-refractivity contribution >= 4 is 23.2 Å². The van der Waals surface area contributed by atoms with E-state index in [1.807, 2.05) is 6.92 Å². The molecule has 1 heterocycles. The minimum absolute atomic E-state index is 0.0178. The minimum atomic E-state index is -0.496. The van der Waals surface area contributed by atoms with Crippen LogP contribution >= 0.6 is 11.3 Å². The molecule has 0 aliphatic heterocycles. The topological polar surface area (TPSA) is 75.6 Å². The van der Waals surface area contributed by atoms with Crippen molar-refractivity contribution in [1.29, 1.82) is 0 Å².